The molecule has 1 aromatic heterocycles. The molecule has 0 aliphatic rings. The second-order valence-electron chi connectivity index (χ2n) is 6.01. The summed E-state index contributed by atoms with van der Waals surface area (Å²) in [5, 5.41) is 0. The largest absolute Gasteiger partial charge is 0.327 e. The molecule has 3 heteroatoms. The van der Waals surface area contributed by atoms with Crippen LogP contribution in [0.5, 0.6) is 0 Å². The quantitative estimate of drug-likeness (QED) is 0.733. The second kappa shape index (κ2) is 5.54. The predicted molar refractivity (Wildman–Crippen MR) is 83.0 cm³/mol. The maximum absolute atomic E-state index is 5.93. The first kappa shape index (κ1) is 14.4. The number of hydrogen-bond donors (Lipinski definition) is 0. The molecular weight excluding hydrogens is 256 g/mol. The number of aromatic nitrogens is 2. The van der Waals surface area contributed by atoms with Crippen molar-refractivity contribution in [2.24, 2.45) is 5.41 Å². The second-order valence-corrected chi connectivity index (χ2v) is 6.39. The summed E-state index contributed by atoms with van der Waals surface area (Å²) in [7, 11) is 0. The lowest BCUT2D eigenvalue weighted by Gasteiger charge is -2.24. The molecule has 0 saturated carbocycles. The number of fused-ring (bicyclic) bond motifs is 1. The fourth-order valence-corrected chi connectivity index (χ4v) is 2.50. The van der Waals surface area contributed by atoms with Crippen molar-refractivity contribution in [3.05, 3.63) is 29.6 Å². The molecule has 0 bridgehead atoms. The SMILES string of the molecule is CCC(C)(C)Cn1c(CCCl)nc2c(C)cccc21. The van der Waals surface area contributed by atoms with E-state index in [4.69, 9.17) is 16.6 Å². The van der Waals surface area contributed by atoms with Crippen molar-refractivity contribution < 1.29 is 0 Å². The molecule has 0 N–H and O–H groups in total. The van der Waals surface area contributed by atoms with Gasteiger partial charge < -0.3 is 4.57 Å². The molecule has 0 saturated heterocycles. The summed E-state index contributed by atoms with van der Waals surface area (Å²) in [6.07, 6.45) is 1.98. The Hall–Kier alpha value is -1.02. The highest BCUT2D eigenvalue weighted by Crippen LogP contribution is 2.27. The monoisotopic (exact) mass is 278 g/mol. The Morgan fingerprint density at radius 3 is 2.68 bits per heavy atom. The Bertz CT molecular complexity index is 569. The normalized spacial score (nSPS) is 12.3. The molecular formula is C16H23ClN2. The van der Waals surface area contributed by atoms with Crippen LogP contribution in [0.25, 0.3) is 11.0 Å². The number of para-hydroxylation sites is 1. The molecule has 19 heavy (non-hydrogen) atoms. The Labute approximate surface area is 120 Å². The van der Waals surface area contributed by atoms with Crippen LogP contribution in [0.1, 0.15) is 38.6 Å². The van der Waals surface area contributed by atoms with E-state index in [0.717, 1.165) is 30.7 Å². The third kappa shape index (κ3) is 2.94. The average Bonchev–Trinajstić information content (AvgIpc) is 2.70. The van der Waals surface area contributed by atoms with Gasteiger partial charge in [-0.3, -0.25) is 0 Å². The smallest absolute Gasteiger partial charge is 0.111 e. The summed E-state index contributed by atoms with van der Waals surface area (Å²) in [5.41, 5.74) is 3.87. The Balaban J connectivity index is 2.55. The molecule has 0 unspecified atom stereocenters. The number of benzene rings is 1. The zero-order chi connectivity index (χ0) is 14.0. The maximum atomic E-state index is 5.93. The number of halogens is 1. The van der Waals surface area contributed by atoms with Gasteiger partial charge in [-0.15, -0.1) is 11.6 Å². The van der Waals surface area contributed by atoms with Gasteiger partial charge in [0.15, 0.2) is 0 Å². The first-order chi connectivity index (χ1) is 8.98. The van der Waals surface area contributed by atoms with Gasteiger partial charge in [-0.05, 0) is 30.4 Å². The molecule has 2 nitrogen and oxygen atoms in total. The zero-order valence-electron chi connectivity index (χ0n) is 12.3. The molecule has 0 aliphatic heterocycles. The van der Waals surface area contributed by atoms with Gasteiger partial charge in [-0.25, -0.2) is 4.98 Å². The lowest BCUT2D eigenvalue weighted by Crippen LogP contribution is -2.20. The molecule has 0 amide bonds. The van der Waals surface area contributed by atoms with Gasteiger partial charge in [0.2, 0.25) is 0 Å². The van der Waals surface area contributed by atoms with Crippen molar-refractivity contribution in [2.45, 2.75) is 47.1 Å². The van der Waals surface area contributed by atoms with Gasteiger partial charge in [0, 0.05) is 18.8 Å². The molecule has 0 fully saturated rings. The van der Waals surface area contributed by atoms with Gasteiger partial charge in [-0.1, -0.05) is 32.9 Å². The Morgan fingerprint density at radius 1 is 1.32 bits per heavy atom. The van der Waals surface area contributed by atoms with Crippen LogP contribution in [-0.4, -0.2) is 15.4 Å². The van der Waals surface area contributed by atoms with Gasteiger partial charge in [-0.2, -0.15) is 0 Å². The summed E-state index contributed by atoms with van der Waals surface area (Å²) < 4.78 is 2.36. The number of imidazole rings is 1. The number of rotatable bonds is 5. The molecule has 2 rings (SSSR count). The van der Waals surface area contributed by atoms with E-state index < -0.39 is 0 Å². The van der Waals surface area contributed by atoms with Gasteiger partial charge in [0.1, 0.15) is 5.82 Å². The molecule has 1 heterocycles. The van der Waals surface area contributed by atoms with Gasteiger partial charge >= 0.3 is 0 Å². The van der Waals surface area contributed by atoms with Crippen LogP contribution in [0.2, 0.25) is 0 Å². The van der Waals surface area contributed by atoms with E-state index in [2.05, 4.69) is 50.5 Å². The van der Waals surface area contributed by atoms with E-state index in [0.29, 0.717) is 5.88 Å². The van der Waals surface area contributed by atoms with Crippen molar-refractivity contribution >= 4 is 22.6 Å². The number of aryl methyl sites for hydroxylation is 2. The topological polar surface area (TPSA) is 17.8 Å². The molecule has 2 aromatic rings. The van der Waals surface area contributed by atoms with Gasteiger partial charge in [0.05, 0.1) is 11.0 Å². The Kier molecular flexibility index (Phi) is 4.19. The highest BCUT2D eigenvalue weighted by Gasteiger charge is 2.20. The van der Waals surface area contributed by atoms with Crippen LogP contribution in [0.3, 0.4) is 0 Å². The molecule has 104 valence electrons. The van der Waals surface area contributed by atoms with Crippen LogP contribution < -0.4 is 0 Å². The number of alkyl halides is 1. The summed E-state index contributed by atoms with van der Waals surface area (Å²) in [4.78, 5) is 4.80. The van der Waals surface area contributed by atoms with Crippen LogP contribution >= 0.6 is 11.6 Å². The third-order valence-corrected chi connectivity index (χ3v) is 4.11. The van der Waals surface area contributed by atoms with Crippen LogP contribution in [0.15, 0.2) is 18.2 Å². The highest BCUT2D eigenvalue weighted by atomic mass is 35.5. The van der Waals surface area contributed by atoms with Crippen molar-refractivity contribution in [3.8, 4) is 0 Å². The fraction of sp³-hybridized carbons (Fsp3) is 0.562. The highest BCUT2D eigenvalue weighted by molar-refractivity contribution is 6.17. The standard InChI is InChI=1S/C16H23ClN2/c1-5-16(3,4)11-19-13-8-6-7-12(2)15(13)18-14(19)9-10-17/h6-8H,5,9-11H2,1-4H3. The van der Waals surface area contributed by atoms with E-state index in [1.54, 1.807) is 0 Å². The minimum atomic E-state index is 0.276. The third-order valence-electron chi connectivity index (χ3n) is 3.92. The summed E-state index contributed by atoms with van der Waals surface area (Å²) in [6.45, 7) is 9.97. The zero-order valence-corrected chi connectivity index (χ0v) is 13.1. The van der Waals surface area contributed by atoms with Gasteiger partial charge in [0.25, 0.3) is 0 Å². The lowest BCUT2D eigenvalue weighted by atomic mass is 9.90. The number of hydrogen-bond acceptors (Lipinski definition) is 1. The van der Waals surface area contributed by atoms with E-state index in [1.807, 2.05) is 0 Å². The summed E-state index contributed by atoms with van der Waals surface area (Å²) >= 11 is 5.93. The van der Waals surface area contributed by atoms with Crippen molar-refractivity contribution in [1.29, 1.82) is 0 Å². The fourth-order valence-electron chi connectivity index (χ4n) is 2.33. The molecule has 0 spiro atoms. The van der Waals surface area contributed by atoms with Crippen molar-refractivity contribution in [2.75, 3.05) is 5.88 Å². The minimum absolute atomic E-state index is 0.276. The average molecular weight is 279 g/mol. The first-order valence-corrected chi connectivity index (χ1v) is 7.52. The van der Waals surface area contributed by atoms with Crippen molar-refractivity contribution in [3.63, 3.8) is 0 Å². The summed E-state index contributed by atoms with van der Waals surface area (Å²) in [6, 6.07) is 6.40. The van der Waals surface area contributed by atoms with E-state index >= 15 is 0 Å². The minimum Gasteiger partial charge on any atom is -0.327 e. The van der Waals surface area contributed by atoms with Crippen LogP contribution in [0.4, 0.5) is 0 Å². The van der Waals surface area contributed by atoms with E-state index in [9.17, 15) is 0 Å². The van der Waals surface area contributed by atoms with Crippen molar-refractivity contribution in [1.82, 2.24) is 9.55 Å². The molecule has 0 atom stereocenters. The van der Waals surface area contributed by atoms with E-state index in [-0.39, 0.29) is 5.41 Å². The maximum Gasteiger partial charge on any atom is 0.111 e. The van der Waals surface area contributed by atoms with Crippen LogP contribution in [-0.2, 0) is 13.0 Å². The van der Waals surface area contributed by atoms with Crippen LogP contribution in [0, 0.1) is 12.3 Å². The number of nitrogens with zero attached hydrogens (tertiary/aromatic N) is 2. The molecule has 1 aromatic carbocycles. The molecule has 0 radical (unpaired) electrons. The molecule has 0 aliphatic carbocycles. The summed E-state index contributed by atoms with van der Waals surface area (Å²) in [5.74, 6) is 1.73. The van der Waals surface area contributed by atoms with E-state index in [1.165, 1.54) is 11.1 Å². The Morgan fingerprint density at radius 2 is 2.05 bits per heavy atom. The lowest BCUT2D eigenvalue weighted by molar-refractivity contribution is 0.294. The first-order valence-electron chi connectivity index (χ1n) is 6.99. The predicted octanol–water partition coefficient (Wildman–Crippen LogP) is 4.56.